The number of nitrogens with zero attached hydrogens (tertiary/aromatic N) is 4. The monoisotopic (exact) mass is 436 g/mol. The number of amides is 1. The van der Waals surface area contributed by atoms with E-state index in [2.05, 4.69) is 64.2 Å². The van der Waals surface area contributed by atoms with E-state index < -0.39 is 0 Å². The highest BCUT2D eigenvalue weighted by atomic mass is 16.2. The van der Waals surface area contributed by atoms with E-state index in [0.29, 0.717) is 30.0 Å². The van der Waals surface area contributed by atoms with Gasteiger partial charge in [-0.25, -0.2) is 4.98 Å². The molecule has 4 rings (SSSR count). The summed E-state index contributed by atoms with van der Waals surface area (Å²) >= 11 is 0. The minimum absolute atomic E-state index is 0.0716. The summed E-state index contributed by atoms with van der Waals surface area (Å²) in [6, 6.07) is 4.09. The first kappa shape index (κ1) is 22.6. The lowest BCUT2D eigenvalue weighted by Crippen LogP contribution is -2.58. The molecule has 2 N–H and O–H groups in total. The summed E-state index contributed by atoms with van der Waals surface area (Å²) in [4.78, 5) is 28.2. The van der Waals surface area contributed by atoms with Gasteiger partial charge in [0.2, 0.25) is 5.91 Å². The van der Waals surface area contributed by atoms with Crippen molar-refractivity contribution in [2.24, 2.45) is 5.92 Å². The van der Waals surface area contributed by atoms with Crippen LogP contribution in [0.4, 0.5) is 11.5 Å². The second-order valence-electron chi connectivity index (χ2n) is 10.7. The maximum Gasteiger partial charge on any atom is 0.222 e. The second kappa shape index (κ2) is 9.14. The van der Waals surface area contributed by atoms with Gasteiger partial charge < -0.3 is 15.5 Å². The molecule has 0 aromatic carbocycles. The summed E-state index contributed by atoms with van der Waals surface area (Å²) < 4.78 is 0. The molecule has 32 heavy (non-hydrogen) atoms. The van der Waals surface area contributed by atoms with Crippen LogP contribution < -0.4 is 10.6 Å². The molecule has 2 aliphatic rings. The molecular formula is C25H36N6O. The smallest absolute Gasteiger partial charge is 0.222 e. The predicted octanol–water partition coefficient (Wildman–Crippen LogP) is 4.27. The Kier molecular flexibility index (Phi) is 6.47. The van der Waals surface area contributed by atoms with Gasteiger partial charge in [0.05, 0.1) is 18.1 Å². The van der Waals surface area contributed by atoms with Crippen LogP contribution in [-0.2, 0) is 4.79 Å². The number of nitrogens with one attached hydrogen (secondary N) is 2. The van der Waals surface area contributed by atoms with Gasteiger partial charge in [0.15, 0.2) is 0 Å². The molecule has 2 aliphatic heterocycles. The van der Waals surface area contributed by atoms with E-state index in [1.165, 1.54) is 0 Å². The Morgan fingerprint density at radius 2 is 1.91 bits per heavy atom. The number of likely N-dealkylation sites (tertiary alicyclic amines) is 1. The van der Waals surface area contributed by atoms with E-state index >= 15 is 0 Å². The fourth-order valence-corrected chi connectivity index (χ4v) is 5.73. The van der Waals surface area contributed by atoms with Crippen molar-refractivity contribution in [2.75, 3.05) is 18.4 Å². The molecule has 4 heterocycles. The molecule has 0 spiro atoms. The molecule has 0 saturated carbocycles. The van der Waals surface area contributed by atoms with Crippen LogP contribution in [0.25, 0.3) is 0 Å². The minimum Gasteiger partial charge on any atom is -0.342 e. The van der Waals surface area contributed by atoms with Crippen LogP contribution >= 0.6 is 0 Å². The Morgan fingerprint density at radius 3 is 2.56 bits per heavy atom. The first-order chi connectivity index (χ1) is 15.2. The normalized spacial score (nSPS) is 23.0. The molecular weight excluding hydrogens is 400 g/mol. The van der Waals surface area contributed by atoms with Crippen molar-refractivity contribution in [3.63, 3.8) is 0 Å². The van der Waals surface area contributed by atoms with E-state index in [0.717, 1.165) is 50.2 Å². The minimum atomic E-state index is 0.0716. The second-order valence-corrected chi connectivity index (χ2v) is 10.7. The largest absolute Gasteiger partial charge is 0.342 e. The average molecular weight is 437 g/mol. The van der Waals surface area contributed by atoms with Crippen molar-refractivity contribution in [1.29, 1.82) is 0 Å². The third kappa shape index (κ3) is 5.82. The lowest BCUT2D eigenvalue weighted by Gasteiger charge is -2.47. The lowest BCUT2D eigenvalue weighted by atomic mass is 9.74. The number of anilines is 2. The molecule has 2 aromatic rings. The first-order valence-corrected chi connectivity index (χ1v) is 11.8. The Balaban J connectivity index is 1.35. The van der Waals surface area contributed by atoms with E-state index in [1.807, 2.05) is 12.3 Å². The summed E-state index contributed by atoms with van der Waals surface area (Å²) in [6.45, 7) is 10.6. The Hall–Kier alpha value is -2.54. The fraction of sp³-hybridized carbons (Fsp3) is 0.600. The molecule has 2 saturated heterocycles. The van der Waals surface area contributed by atoms with Gasteiger partial charge in [-0.15, -0.1) is 0 Å². The summed E-state index contributed by atoms with van der Waals surface area (Å²) in [5.41, 5.74) is 2.08. The van der Waals surface area contributed by atoms with Crippen molar-refractivity contribution in [3.05, 3.63) is 42.6 Å². The van der Waals surface area contributed by atoms with Gasteiger partial charge in [-0.05, 0) is 71.4 Å². The summed E-state index contributed by atoms with van der Waals surface area (Å²) in [5.74, 6) is 1.72. The quantitative estimate of drug-likeness (QED) is 0.728. The molecule has 0 bridgehead atoms. The molecule has 0 radical (unpaired) electrons. The molecule has 0 aliphatic carbocycles. The van der Waals surface area contributed by atoms with Crippen LogP contribution in [0.15, 0.2) is 36.9 Å². The summed E-state index contributed by atoms with van der Waals surface area (Å²) in [7, 11) is 0. The van der Waals surface area contributed by atoms with E-state index in [4.69, 9.17) is 0 Å². The topological polar surface area (TPSA) is 83.0 Å². The Labute approximate surface area is 191 Å². The number of hydrogen-bond donors (Lipinski definition) is 2. The van der Waals surface area contributed by atoms with Gasteiger partial charge in [-0.2, -0.15) is 0 Å². The maximum absolute atomic E-state index is 13.2. The Morgan fingerprint density at radius 1 is 1.12 bits per heavy atom. The predicted molar refractivity (Wildman–Crippen MR) is 127 cm³/mol. The zero-order chi connectivity index (χ0) is 22.8. The number of rotatable bonds is 5. The fourth-order valence-electron chi connectivity index (χ4n) is 5.73. The number of carbonyl (C=O) groups is 1. The zero-order valence-corrected chi connectivity index (χ0v) is 19.8. The zero-order valence-electron chi connectivity index (χ0n) is 19.8. The third-order valence-corrected chi connectivity index (χ3v) is 6.55. The molecule has 1 amide bonds. The molecule has 2 fully saturated rings. The molecule has 2 aromatic heterocycles. The molecule has 7 heteroatoms. The van der Waals surface area contributed by atoms with Crippen LogP contribution in [0.5, 0.6) is 0 Å². The molecule has 7 nitrogen and oxygen atoms in total. The van der Waals surface area contributed by atoms with Gasteiger partial charge in [0.1, 0.15) is 5.82 Å². The number of pyridine rings is 1. The molecule has 1 unspecified atom stereocenters. The van der Waals surface area contributed by atoms with Gasteiger partial charge in [0.25, 0.3) is 0 Å². The standard InChI is InChI=1S/C25H36N6O/c1-24(2)13-18(14-25(3,4)30-24)12-23(32)31-11-5-6-19(17-31)21-8-7-20(15-28-21)29-22-16-26-9-10-27-22/h7-10,15-16,18-19,30H,5-6,11-14,17H2,1-4H3,(H,27,29). The van der Waals surface area contributed by atoms with Gasteiger partial charge in [-0.1, -0.05) is 0 Å². The number of piperidine rings is 2. The van der Waals surface area contributed by atoms with Crippen LogP contribution in [0, 0.1) is 5.92 Å². The van der Waals surface area contributed by atoms with Gasteiger partial charge in [0, 0.05) is 54.6 Å². The summed E-state index contributed by atoms with van der Waals surface area (Å²) in [6.07, 6.45) is 11.7. The van der Waals surface area contributed by atoms with Crippen LogP contribution in [-0.4, -0.2) is 49.9 Å². The van der Waals surface area contributed by atoms with Crippen molar-refractivity contribution in [2.45, 2.75) is 76.8 Å². The van der Waals surface area contributed by atoms with Gasteiger partial charge >= 0.3 is 0 Å². The summed E-state index contributed by atoms with van der Waals surface area (Å²) in [5, 5.41) is 6.93. The average Bonchev–Trinajstić information content (AvgIpc) is 2.73. The Bertz CT molecular complexity index is 896. The number of hydrogen-bond acceptors (Lipinski definition) is 6. The third-order valence-electron chi connectivity index (χ3n) is 6.55. The number of aromatic nitrogens is 3. The van der Waals surface area contributed by atoms with Crippen molar-refractivity contribution in [1.82, 2.24) is 25.2 Å². The van der Waals surface area contributed by atoms with Crippen LogP contribution in [0.2, 0.25) is 0 Å². The highest BCUT2D eigenvalue weighted by molar-refractivity contribution is 5.76. The van der Waals surface area contributed by atoms with Crippen molar-refractivity contribution < 1.29 is 4.79 Å². The van der Waals surface area contributed by atoms with Crippen LogP contribution in [0.1, 0.15) is 71.4 Å². The first-order valence-electron chi connectivity index (χ1n) is 11.8. The SMILES string of the molecule is CC1(C)CC(CC(=O)N2CCCC(c3ccc(Nc4cnccn4)cn3)C2)CC(C)(C)N1. The highest BCUT2D eigenvalue weighted by Crippen LogP contribution is 2.35. The van der Waals surface area contributed by atoms with E-state index in [-0.39, 0.29) is 11.1 Å². The molecule has 172 valence electrons. The van der Waals surface area contributed by atoms with Crippen LogP contribution in [0.3, 0.4) is 0 Å². The van der Waals surface area contributed by atoms with Crippen molar-refractivity contribution >= 4 is 17.4 Å². The van der Waals surface area contributed by atoms with E-state index in [1.54, 1.807) is 18.6 Å². The number of carbonyl (C=O) groups excluding carboxylic acids is 1. The van der Waals surface area contributed by atoms with Gasteiger partial charge in [-0.3, -0.25) is 14.8 Å². The molecule has 1 atom stereocenters. The van der Waals surface area contributed by atoms with Crippen molar-refractivity contribution in [3.8, 4) is 0 Å². The maximum atomic E-state index is 13.2. The van der Waals surface area contributed by atoms with E-state index in [9.17, 15) is 4.79 Å². The lowest BCUT2D eigenvalue weighted by molar-refractivity contribution is -0.134. The highest BCUT2D eigenvalue weighted by Gasteiger charge is 2.39.